The average Bonchev–Trinajstić information content (AvgIpc) is 1.10. The summed E-state index contributed by atoms with van der Waals surface area (Å²) in [5, 5.41) is 23.1. The molecular formula is C137H84O3. The van der Waals surface area contributed by atoms with Crippen molar-refractivity contribution in [1.82, 2.24) is 0 Å². The van der Waals surface area contributed by atoms with E-state index in [2.05, 4.69) is 56.3 Å². The van der Waals surface area contributed by atoms with Crippen LogP contribution in [0, 0.1) is 0 Å². The molecule has 0 radical (unpaired) electrons. The van der Waals surface area contributed by atoms with Crippen LogP contribution in [0.25, 0.3) is 295 Å². The number of rotatable bonds is 6. The largest absolute Gasteiger partial charge is 0.456 e. The molecule has 650 valence electrons. The molecule has 1 aliphatic rings. The fourth-order valence-corrected chi connectivity index (χ4v) is 22.7. The van der Waals surface area contributed by atoms with Gasteiger partial charge in [0.15, 0.2) is 0 Å². The molecule has 30 aromatic rings. The minimum absolute atomic E-state index is 0.175. The highest BCUT2D eigenvalue weighted by atomic mass is 16.3. The van der Waals surface area contributed by atoms with Crippen LogP contribution < -0.4 is 0 Å². The van der Waals surface area contributed by atoms with Gasteiger partial charge in [0, 0.05) is 37.7 Å². The fraction of sp³-hybridized carbons (Fsp3) is 0.0219. The predicted molar refractivity (Wildman–Crippen MR) is 596 cm³/mol. The predicted octanol–water partition coefficient (Wildman–Crippen LogP) is 39.2. The molecule has 1 aliphatic carbocycles. The Morgan fingerprint density at radius 3 is 0.893 bits per heavy atom. The van der Waals surface area contributed by atoms with E-state index < -0.39 is 77.9 Å². The third-order valence-corrected chi connectivity index (χ3v) is 28.9. The van der Waals surface area contributed by atoms with E-state index >= 15 is 0 Å². The quantitative estimate of drug-likeness (QED) is 0.123. The van der Waals surface area contributed by atoms with E-state index in [4.69, 9.17) is 29.7 Å². The first-order chi connectivity index (χ1) is 79.1. The summed E-state index contributed by atoms with van der Waals surface area (Å²) in [6.45, 7) is 4.25. The van der Waals surface area contributed by atoms with Crippen molar-refractivity contribution in [3.05, 3.63) is 484 Å². The molecule has 0 unspecified atom stereocenters. The molecule has 0 saturated heterocycles. The van der Waals surface area contributed by atoms with Crippen LogP contribution in [-0.4, -0.2) is 0 Å². The van der Waals surface area contributed by atoms with Crippen LogP contribution >= 0.6 is 0 Å². The van der Waals surface area contributed by atoms with E-state index in [1.807, 2.05) is 267 Å². The van der Waals surface area contributed by atoms with E-state index in [0.29, 0.717) is 100 Å². The molecule has 3 nitrogen and oxygen atoms in total. The van der Waals surface area contributed by atoms with Crippen molar-refractivity contribution in [3.8, 4) is 77.9 Å². The monoisotopic (exact) mass is 1800 g/mol. The highest BCUT2D eigenvalue weighted by Crippen LogP contribution is 2.57. The Balaban J connectivity index is 0.000000112. The van der Waals surface area contributed by atoms with Crippen molar-refractivity contribution < 1.29 is 46.1 Å². The van der Waals surface area contributed by atoms with E-state index in [9.17, 15) is 16.4 Å². The number of benzene rings is 27. The van der Waals surface area contributed by atoms with Crippen LogP contribution in [0.15, 0.2) is 486 Å². The summed E-state index contributed by atoms with van der Waals surface area (Å²) in [7, 11) is 0. The van der Waals surface area contributed by atoms with Crippen molar-refractivity contribution >= 4 is 217 Å². The van der Waals surface area contributed by atoms with Crippen LogP contribution in [0.5, 0.6) is 0 Å². The van der Waals surface area contributed by atoms with Crippen molar-refractivity contribution in [2.75, 3.05) is 0 Å². The van der Waals surface area contributed by atoms with Crippen LogP contribution in [0.1, 0.15) is 57.9 Å². The van der Waals surface area contributed by atoms with E-state index in [1.165, 1.54) is 0 Å². The van der Waals surface area contributed by atoms with Gasteiger partial charge in [0.2, 0.25) is 0 Å². The molecule has 3 heteroatoms. The maximum Gasteiger partial charge on any atom is 0.136 e. The first-order valence-corrected chi connectivity index (χ1v) is 46.6. The molecule has 3 heterocycles. The second-order valence-electron chi connectivity index (χ2n) is 36.8. The van der Waals surface area contributed by atoms with Gasteiger partial charge in [0.1, 0.15) is 33.5 Å². The van der Waals surface area contributed by atoms with Gasteiger partial charge in [0.25, 0.3) is 0 Å². The highest BCUT2D eigenvalue weighted by Gasteiger charge is 2.38. The van der Waals surface area contributed by atoms with E-state index in [-0.39, 0.29) is 137 Å². The summed E-state index contributed by atoms with van der Waals surface area (Å²) in [6.07, 6.45) is 0. The second-order valence-corrected chi connectivity index (χ2v) is 36.8. The Kier molecular flexibility index (Phi) is 13.1. The van der Waals surface area contributed by atoms with Crippen LogP contribution in [-0.2, 0) is 5.41 Å². The van der Waals surface area contributed by atoms with Gasteiger partial charge < -0.3 is 13.3 Å². The molecule has 0 spiro atoms. The zero-order valence-electron chi connectivity index (χ0n) is 98.9. The molecule has 0 saturated carbocycles. The lowest BCUT2D eigenvalue weighted by Crippen LogP contribution is -2.16. The summed E-state index contributed by atoms with van der Waals surface area (Å²) in [4.78, 5) is 0. The highest BCUT2D eigenvalue weighted by molar-refractivity contribution is 6.31. The van der Waals surface area contributed by atoms with Gasteiger partial charge in [-0.05, 0) is 325 Å². The topological polar surface area (TPSA) is 39.4 Å². The van der Waals surface area contributed by atoms with Gasteiger partial charge in [0.05, 0.1) is 32.9 Å². The lowest BCUT2D eigenvalue weighted by molar-refractivity contribution is 0.662. The zero-order valence-corrected chi connectivity index (χ0v) is 74.9. The normalized spacial score (nSPS) is 15.0. The van der Waals surface area contributed by atoms with E-state index in [0.717, 1.165) is 141 Å². The maximum absolute atomic E-state index is 9.54. The Labute approximate surface area is 839 Å². The van der Waals surface area contributed by atoms with E-state index in [1.54, 1.807) is 18.2 Å². The summed E-state index contributed by atoms with van der Waals surface area (Å²) in [5.41, 5.74) is 12.9. The Bertz CT molecular complexity index is 12000. The van der Waals surface area contributed by atoms with Crippen LogP contribution in [0.3, 0.4) is 0 Å². The van der Waals surface area contributed by atoms with Crippen molar-refractivity contribution in [2.24, 2.45) is 0 Å². The number of furan rings is 3. The Morgan fingerprint density at radius 1 is 0.171 bits per heavy atom. The molecule has 31 rings (SSSR count). The molecule has 140 heavy (non-hydrogen) atoms. The summed E-state index contributed by atoms with van der Waals surface area (Å²) >= 11 is 0. The molecular weight excluding hydrogens is 1690 g/mol. The lowest BCUT2D eigenvalue weighted by Gasteiger charge is -2.26. The third-order valence-electron chi connectivity index (χ3n) is 28.9. The zero-order chi connectivity index (χ0) is 113. The van der Waals surface area contributed by atoms with Gasteiger partial charge in [-0.1, -0.05) is 402 Å². The average molecular weight is 1800 g/mol. The van der Waals surface area contributed by atoms with Gasteiger partial charge in [-0.2, -0.15) is 0 Å². The van der Waals surface area contributed by atoms with Crippen molar-refractivity contribution in [2.45, 2.75) is 19.3 Å². The lowest BCUT2D eigenvalue weighted by atomic mass is 9.77. The molecule has 27 aromatic carbocycles. The SMILES string of the molecule is [2H]c1c([2H])c([2H])c2c(-c3cc4ccc5ccccc5c4c4ccccc34)c3c([2H])c([2H])c([2H])c([2H])c3c(-c3ccc4oc5cc6ccccc6cc5c4c3)c2c1[2H].[2H]c1c([2H])c([2H])c2c(-c3ccc4oc5cc6ccccc6cc5c4c3)c3c([2H])c([2H])c([2H])c([2H])c3c(-c3ccc4c(ccc5ccccc54)c3)c2c1[2H].[2H]c1c([2H])c([2H])c2c(-c3cccc4c3C(C)(C)c3ccccc3-4)c3c([2H])c([2H])c([2H])c([2H])c3c(-c3ccc4oc5cc6ccccc6cc5c4c3)c2c1[2H]. The summed E-state index contributed by atoms with van der Waals surface area (Å²) in [5.74, 6) is 0. The fourth-order valence-electron chi connectivity index (χ4n) is 22.7. The van der Waals surface area contributed by atoms with Crippen molar-refractivity contribution in [1.29, 1.82) is 0 Å². The number of hydrogen-bond donors (Lipinski definition) is 0. The number of fused-ring (bicyclic) bond motifs is 29. The molecule has 0 aliphatic heterocycles. The molecule has 0 fully saturated rings. The molecule has 0 amide bonds. The van der Waals surface area contributed by atoms with Gasteiger partial charge in [-0.15, -0.1) is 0 Å². The Morgan fingerprint density at radius 2 is 0.464 bits per heavy atom. The third kappa shape index (κ3) is 12.2. The van der Waals surface area contributed by atoms with Crippen LogP contribution in [0.4, 0.5) is 0 Å². The smallest absolute Gasteiger partial charge is 0.136 e. The molecule has 0 bridgehead atoms. The summed E-state index contributed by atoms with van der Waals surface area (Å²) in [6, 6.07) is 98.1. The van der Waals surface area contributed by atoms with Crippen molar-refractivity contribution in [3.63, 3.8) is 0 Å². The number of hydrogen-bond acceptors (Lipinski definition) is 3. The van der Waals surface area contributed by atoms with Gasteiger partial charge in [-0.25, -0.2) is 0 Å². The summed E-state index contributed by atoms with van der Waals surface area (Å²) < 4.78 is 239. The second kappa shape index (κ2) is 31.0. The first kappa shape index (κ1) is 59.0. The first-order valence-electron chi connectivity index (χ1n) is 58.6. The maximum atomic E-state index is 9.54. The molecule has 0 atom stereocenters. The minimum atomic E-state index is -0.534. The van der Waals surface area contributed by atoms with Crippen LogP contribution in [0.2, 0.25) is 0 Å². The molecule has 0 N–H and O–H groups in total. The van der Waals surface area contributed by atoms with Gasteiger partial charge in [-0.3, -0.25) is 0 Å². The Hall–Kier alpha value is -18.0. The van der Waals surface area contributed by atoms with Gasteiger partial charge >= 0.3 is 0 Å². The molecule has 3 aromatic heterocycles. The standard InChI is InChI=1S/C48H28O.C45H30O.C44H26O/c1-2-13-31-28-45-42(25-30(31)12-1)41-26-33(23-24-44(41)49-45)47-37-17-7-9-19-39(37)48(40-20-10-8-18-38(40)47)43-27-32-22-21-29-11-3-4-14-34(29)46(32)36-16-6-5-15-35(36)43;1-45(2)39-21-10-9-14-30(39)35-19-11-20-36(44(35)45)43-33-17-7-5-15-31(33)42(32-16-6-8-18-34(32)43)29-22-23-40-37(25-29)38-24-27-12-3-4-13-28(27)26-41(38)46-40;1-2-11-29-26-42-40(24-28(29)10-1)39-25-32(20-22-41(39)45-42)44-37-15-7-5-13-35(37)43(36-14-6-8-16-38(36)44)31-19-21-34-30(23-31)18-17-27-9-3-4-12-33(27)34/h1-28H;3-26H,1-2H3;1-26H/i7D,8D,9D,10D,17D,18D,19D,20D;5D,6D,7D,8D,15D,16D,17D,18D;5D,6D,7D,8D,13D,14D,15D,16D. The minimum Gasteiger partial charge on any atom is -0.456 e.